The molecular weight excluding hydrogens is 520 g/mol. The van der Waals surface area contributed by atoms with E-state index in [1.807, 2.05) is 29.2 Å². The number of fused-ring (bicyclic) bond motifs is 1. The van der Waals surface area contributed by atoms with Crippen molar-refractivity contribution in [1.82, 2.24) is 14.9 Å². The van der Waals surface area contributed by atoms with Crippen molar-refractivity contribution < 1.29 is 22.1 Å². The van der Waals surface area contributed by atoms with Gasteiger partial charge >= 0.3 is 16.1 Å². The van der Waals surface area contributed by atoms with Crippen molar-refractivity contribution in [3.8, 4) is 17.0 Å². The Morgan fingerprint density at radius 3 is 2.64 bits per heavy atom. The number of guanidine groups is 1. The summed E-state index contributed by atoms with van der Waals surface area (Å²) in [5.41, 5.74) is 7.05. The fraction of sp³-hybridized carbons (Fsp3) is 0.296. The number of aliphatic imine (C=N–C) groups is 2. The molecule has 0 fully saturated rings. The first-order valence-electron chi connectivity index (χ1n) is 12.5. The van der Waals surface area contributed by atoms with Crippen LogP contribution >= 0.6 is 0 Å². The first-order valence-corrected chi connectivity index (χ1v) is 14.0. The van der Waals surface area contributed by atoms with E-state index in [9.17, 15) is 13.2 Å². The number of hydrogen-bond donors (Lipinski definition) is 1. The van der Waals surface area contributed by atoms with Gasteiger partial charge in [-0.25, -0.2) is 4.99 Å². The largest absolute Gasteiger partial charge is 0.442 e. The number of benzene rings is 2. The second-order valence-electron chi connectivity index (χ2n) is 9.11. The van der Waals surface area contributed by atoms with Crippen molar-refractivity contribution in [2.24, 2.45) is 15.7 Å². The van der Waals surface area contributed by atoms with Gasteiger partial charge < -0.3 is 14.7 Å². The molecule has 2 unspecified atom stereocenters. The molecular formula is C27H28N6O5S. The number of carbonyl (C=O) groups is 1. The molecule has 3 heterocycles. The SMILES string of the molecule is CCC(OC(C)=O)S(=O)(=O)Oc1ccc(C2(c3cccc(-c4cnccn4)c3)N=C(N)N3CCCN=C32)cc1. The van der Waals surface area contributed by atoms with E-state index in [4.69, 9.17) is 24.6 Å². The van der Waals surface area contributed by atoms with Crippen LogP contribution in [0.5, 0.6) is 5.75 Å². The maximum atomic E-state index is 12.7. The quantitative estimate of drug-likeness (QED) is 0.331. The molecule has 2 aliphatic rings. The number of hydrogen-bond acceptors (Lipinski definition) is 11. The number of aromatic nitrogens is 2. The molecule has 0 aliphatic carbocycles. The molecule has 0 saturated heterocycles. The number of ether oxygens (including phenoxy) is 1. The van der Waals surface area contributed by atoms with Crippen LogP contribution in [0.25, 0.3) is 11.3 Å². The van der Waals surface area contributed by atoms with Gasteiger partial charge in [-0.1, -0.05) is 37.3 Å². The molecule has 12 heteroatoms. The Kier molecular flexibility index (Phi) is 7.04. The summed E-state index contributed by atoms with van der Waals surface area (Å²) in [4.78, 5) is 31.7. The molecule has 0 radical (unpaired) electrons. The van der Waals surface area contributed by atoms with Crippen LogP contribution in [-0.4, -0.2) is 59.6 Å². The number of esters is 1. The average Bonchev–Trinajstić information content (AvgIpc) is 3.25. The zero-order chi connectivity index (χ0) is 27.6. The van der Waals surface area contributed by atoms with Crippen LogP contribution in [0.1, 0.15) is 37.8 Å². The first-order chi connectivity index (χ1) is 18.7. The predicted octanol–water partition coefficient (Wildman–Crippen LogP) is 2.83. The van der Waals surface area contributed by atoms with Crippen molar-refractivity contribution in [2.75, 3.05) is 13.1 Å². The Morgan fingerprint density at radius 2 is 1.95 bits per heavy atom. The van der Waals surface area contributed by atoms with Crippen molar-refractivity contribution in [1.29, 1.82) is 0 Å². The third-order valence-corrected chi connectivity index (χ3v) is 8.01. The van der Waals surface area contributed by atoms with Crippen LogP contribution in [0.2, 0.25) is 0 Å². The van der Waals surface area contributed by atoms with Crippen LogP contribution < -0.4 is 9.92 Å². The van der Waals surface area contributed by atoms with Crippen molar-refractivity contribution in [2.45, 2.75) is 37.7 Å². The molecule has 0 spiro atoms. The molecule has 39 heavy (non-hydrogen) atoms. The summed E-state index contributed by atoms with van der Waals surface area (Å²) < 4.78 is 35.7. The molecule has 1 aromatic heterocycles. The van der Waals surface area contributed by atoms with E-state index >= 15 is 0 Å². The first kappa shape index (κ1) is 26.3. The number of nitrogens with zero attached hydrogens (tertiary/aromatic N) is 5. The lowest BCUT2D eigenvalue weighted by Gasteiger charge is -2.33. The topological polar surface area (TPSA) is 149 Å². The monoisotopic (exact) mass is 548 g/mol. The third-order valence-electron chi connectivity index (χ3n) is 6.52. The number of nitrogens with two attached hydrogens (primary N) is 1. The minimum absolute atomic E-state index is 0.0505. The summed E-state index contributed by atoms with van der Waals surface area (Å²) in [6, 6.07) is 14.4. The lowest BCUT2D eigenvalue weighted by molar-refractivity contribution is -0.143. The van der Waals surface area contributed by atoms with Crippen LogP contribution in [-0.2, 0) is 25.2 Å². The Hall–Kier alpha value is -4.32. The van der Waals surface area contributed by atoms with E-state index < -0.39 is 27.1 Å². The minimum atomic E-state index is -4.22. The summed E-state index contributed by atoms with van der Waals surface area (Å²) in [5.74, 6) is 0.424. The highest BCUT2D eigenvalue weighted by molar-refractivity contribution is 7.87. The zero-order valence-electron chi connectivity index (χ0n) is 21.5. The minimum Gasteiger partial charge on any atom is -0.442 e. The van der Waals surface area contributed by atoms with E-state index in [-0.39, 0.29) is 12.2 Å². The molecule has 0 amide bonds. The van der Waals surface area contributed by atoms with Crippen LogP contribution in [0.3, 0.4) is 0 Å². The zero-order valence-corrected chi connectivity index (χ0v) is 22.3. The Balaban J connectivity index is 1.57. The number of rotatable bonds is 8. The van der Waals surface area contributed by atoms with Gasteiger partial charge in [0.15, 0.2) is 11.5 Å². The summed E-state index contributed by atoms with van der Waals surface area (Å²) >= 11 is 0. The van der Waals surface area contributed by atoms with E-state index in [0.29, 0.717) is 30.6 Å². The molecule has 2 N–H and O–H groups in total. The standard InChI is InChI=1S/C27H28N6O5S/c1-3-24(37-18(2)34)39(35,36)38-22-10-8-20(9-11-22)27(25-31-12-5-15-33(25)26(28)32-27)21-7-4-6-19(16-21)23-17-29-13-14-30-23/h4,6-11,13-14,16-17,24H,3,5,12,15H2,1-2H3,(H2,28,32). The third kappa shape index (κ3) is 4.94. The van der Waals surface area contributed by atoms with Gasteiger partial charge in [0, 0.05) is 38.0 Å². The van der Waals surface area contributed by atoms with Crippen LogP contribution in [0.15, 0.2) is 77.1 Å². The van der Waals surface area contributed by atoms with Crippen molar-refractivity contribution >= 4 is 27.9 Å². The van der Waals surface area contributed by atoms with Gasteiger partial charge in [-0.05, 0) is 42.2 Å². The second kappa shape index (κ2) is 10.4. The molecule has 2 atom stereocenters. The lowest BCUT2D eigenvalue weighted by Crippen LogP contribution is -2.46. The van der Waals surface area contributed by atoms with E-state index in [1.54, 1.807) is 49.8 Å². The van der Waals surface area contributed by atoms with E-state index in [2.05, 4.69) is 9.97 Å². The molecule has 2 aromatic carbocycles. The smallest absolute Gasteiger partial charge is 0.348 e. The fourth-order valence-corrected chi connectivity index (χ4v) is 5.94. The summed E-state index contributed by atoms with van der Waals surface area (Å²) in [6.07, 6.45) is 5.84. The Morgan fingerprint density at radius 1 is 1.15 bits per heavy atom. The molecule has 0 saturated carbocycles. The van der Waals surface area contributed by atoms with Gasteiger partial charge in [-0.2, -0.15) is 8.42 Å². The molecule has 11 nitrogen and oxygen atoms in total. The van der Waals surface area contributed by atoms with Gasteiger partial charge in [0.25, 0.3) is 0 Å². The van der Waals surface area contributed by atoms with Gasteiger partial charge in [-0.15, -0.1) is 0 Å². The molecule has 3 aromatic rings. The second-order valence-corrected chi connectivity index (χ2v) is 10.8. The van der Waals surface area contributed by atoms with Crippen LogP contribution in [0, 0.1) is 0 Å². The summed E-state index contributed by atoms with van der Waals surface area (Å²) in [5, 5.41) is 0. The number of amidine groups is 1. The Bertz CT molecular complexity index is 1540. The normalized spacial score (nSPS) is 19.5. The maximum Gasteiger partial charge on any atom is 0.348 e. The fourth-order valence-electron chi connectivity index (χ4n) is 4.80. The average molecular weight is 549 g/mol. The molecule has 5 rings (SSSR count). The predicted molar refractivity (Wildman–Crippen MR) is 145 cm³/mol. The molecule has 0 bridgehead atoms. The highest BCUT2D eigenvalue weighted by atomic mass is 32.2. The number of carbonyl (C=O) groups excluding carboxylic acids is 1. The molecule has 2 aliphatic heterocycles. The highest BCUT2D eigenvalue weighted by Gasteiger charge is 2.49. The Labute approximate surface area is 226 Å². The van der Waals surface area contributed by atoms with Gasteiger partial charge in [0.2, 0.25) is 5.44 Å². The maximum absolute atomic E-state index is 12.7. The van der Waals surface area contributed by atoms with E-state index in [0.717, 1.165) is 30.0 Å². The molecule has 202 valence electrons. The van der Waals surface area contributed by atoms with E-state index in [1.165, 1.54) is 0 Å². The highest BCUT2D eigenvalue weighted by Crippen LogP contribution is 2.42. The summed E-state index contributed by atoms with van der Waals surface area (Å²) in [6.45, 7) is 4.06. The van der Waals surface area contributed by atoms with Gasteiger partial charge in [0.1, 0.15) is 11.6 Å². The van der Waals surface area contributed by atoms with Gasteiger partial charge in [-0.3, -0.25) is 24.7 Å². The van der Waals surface area contributed by atoms with Crippen molar-refractivity contribution in [3.05, 3.63) is 78.2 Å². The summed E-state index contributed by atoms with van der Waals surface area (Å²) in [7, 11) is -4.22. The van der Waals surface area contributed by atoms with Gasteiger partial charge in [0.05, 0.1) is 11.9 Å². The lowest BCUT2D eigenvalue weighted by atomic mass is 9.81. The van der Waals surface area contributed by atoms with Crippen LogP contribution in [0.4, 0.5) is 0 Å². The van der Waals surface area contributed by atoms with Crippen molar-refractivity contribution in [3.63, 3.8) is 0 Å².